The summed E-state index contributed by atoms with van der Waals surface area (Å²) >= 11 is 0. The topological polar surface area (TPSA) is 98.7 Å². The lowest BCUT2D eigenvalue weighted by atomic mass is 9.99. The van der Waals surface area contributed by atoms with Crippen molar-refractivity contribution in [2.75, 3.05) is 6.54 Å². The molecule has 0 saturated carbocycles. The lowest BCUT2D eigenvalue weighted by molar-refractivity contribution is 0.0696. The smallest absolute Gasteiger partial charge is 0.335 e. The first-order valence-electron chi connectivity index (χ1n) is 11.3. The molecule has 184 valence electrons. The number of halogens is 2. The second-order valence-corrected chi connectivity index (χ2v) is 8.32. The summed E-state index contributed by atoms with van der Waals surface area (Å²) in [5, 5.41) is 25.9. The van der Waals surface area contributed by atoms with Crippen LogP contribution in [0.3, 0.4) is 0 Å². The van der Waals surface area contributed by atoms with Gasteiger partial charge in [-0.15, -0.1) is 0 Å². The van der Waals surface area contributed by atoms with Crippen molar-refractivity contribution in [3.05, 3.63) is 106 Å². The molecule has 0 radical (unpaired) electrons. The number of carboxylic acids is 1. The third-order valence-electron chi connectivity index (χ3n) is 5.61. The summed E-state index contributed by atoms with van der Waals surface area (Å²) in [6.07, 6.45) is -0.229. The minimum absolute atomic E-state index is 0.0345. The number of carbonyl (C=O) groups is 2. The quantitative estimate of drug-likeness (QED) is 0.334. The first kappa shape index (κ1) is 26.0. The Balaban J connectivity index is 1.74. The summed E-state index contributed by atoms with van der Waals surface area (Å²) < 4.78 is 27.4. The molecule has 0 aliphatic carbocycles. The molecule has 6 nitrogen and oxygen atoms in total. The fraction of sp³-hybridized carbons (Fsp3) is 0.259. The SMILES string of the molecule is CCc1cccc(CNC[C@@H](O)[C@H](Cc2cc(F)cc(F)c2)NC(=O)c2cccc(C(=O)O)c2)c1. The third kappa shape index (κ3) is 7.70. The zero-order valence-corrected chi connectivity index (χ0v) is 19.3. The summed E-state index contributed by atoms with van der Waals surface area (Å²) in [7, 11) is 0. The van der Waals surface area contributed by atoms with Crippen molar-refractivity contribution in [2.45, 2.75) is 38.5 Å². The van der Waals surface area contributed by atoms with Crippen molar-refractivity contribution >= 4 is 11.9 Å². The van der Waals surface area contributed by atoms with E-state index in [1.54, 1.807) is 0 Å². The summed E-state index contributed by atoms with van der Waals surface area (Å²) in [4.78, 5) is 24.1. The van der Waals surface area contributed by atoms with Crippen LogP contribution in [0, 0.1) is 11.6 Å². The molecule has 0 bridgehead atoms. The number of aliphatic hydroxyl groups excluding tert-OH is 1. The van der Waals surface area contributed by atoms with Crippen molar-refractivity contribution in [1.82, 2.24) is 10.6 Å². The van der Waals surface area contributed by atoms with Gasteiger partial charge in [-0.05, 0) is 59.9 Å². The van der Waals surface area contributed by atoms with E-state index in [4.69, 9.17) is 0 Å². The average molecular weight is 483 g/mol. The Bertz CT molecular complexity index is 1170. The van der Waals surface area contributed by atoms with E-state index in [1.807, 2.05) is 18.2 Å². The van der Waals surface area contributed by atoms with Crippen molar-refractivity contribution in [2.24, 2.45) is 0 Å². The second kappa shape index (κ2) is 12.2. The monoisotopic (exact) mass is 482 g/mol. The number of aromatic carboxylic acids is 1. The molecule has 3 rings (SSSR count). The Kier molecular flexibility index (Phi) is 9.05. The van der Waals surface area contributed by atoms with E-state index in [0.29, 0.717) is 6.54 Å². The maximum Gasteiger partial charge on any atom is 0.335 e. The van der Waals surface area contributed by atoms with Crippen molar-refractivity contribution < 1.29 is 28.6 Å². The minimum Gasteiger partial charge on any atom is -0.478 e. The highest BCUT2D eigenvalue weighted by molar-refractivity contribution is 5.97. The predicted octanol–water partition coefficient (Wildman–Crippen LogP) is 3.72. The molecule has 4 N–H and O–H groups in total. The summed E-state index contributed by atoms with van der Waals surface area (Å²) in [5.74, 6) is -3.31. The molecule has 0 aliphatic rings. The molecule has 1 amide bonds. The summed E-state index contributed by atoms with van der Waals surface area (Å²) in [6, 6.07) is 15.6. The van der Waals surface area contributed by atoms with E-state index in [1.165, 1.54) is 29.8 Å². The second-order valence-electron chi connectivity index (χ2n) is 8.32. The third-order valence-corrected chi connectivity index (χ3v) is 5.61. The van der Waals surface area contributed by atoms with Gasteiger partial charge in [0.1, 0.15) is 11.6 Å². The lowest BCUT2D eigenvalue weighted by Crippen LogP contribution is -2.48. The van der Waals surface area contributed by atoms with Crippen molar-refractivity contribution in [1.29, 1.82) is 0 Å². The fourth-order valence-electron chi connectivity index (χ4n) is 3.78. The molecule has 8 heteroatoms. The molecule has 0 unspecified atom stereocenters. The Morgan fingerprint density at radius 3 is 2.23 bits per heavy atom. The number of carboxylic acid groups (broad SMARTS) is 1. The summed E-state index contributed by atoms with van der Waals surface area (Å²) in [5.41, 5.74) is 2.53. The minimum atomic E-state index is -1.18. The normalized spacial score (nSPS) is 12.7. The highest BCUT2D eigenvalue weighted by atomic mass is 19.1. The van der Waals surface area contributed by atoms with Gasteiger partial charge in [0.15, 0.2) is 0 Å². The number of nitrogens with one attached hydrogen (secondary N) is 2. The standard InChI is InChI=1S/C27H28F2N2O4/c1-2-17-5-3-6-18(9-17)15-30-16-25(32)24(12-19-10-22(28)14-23(29)11-19)31-26(33)20-7-4-8-21(13-20)27(34)35/h3-11,13-14,24-25,30,32H,2,12,15-16H2,1H3,(H,31,33)(H,34,35)/t24-,25+/m0/s1. The molecular formula is C27H28F2N2O4. The Morgan fingerprint density at radius 1 is 0.886 bits per heavy atom. The van der Waals surface area contributed by atoms with Crippen LogP contribution in [0.1, 0.15) is 44.3 Å². The molecule has 3 aromatic carbocycles. The largest absolute Gasteiger partial charge is 0.478 e. The fourth-order valence-corrected chi connectivity index (χ4v) is 3.78. The van der Waals surface area contributed by atoms with Crippen LogP contribution in [-0.4, -0.2) is 40.8 Å². The van der Waals surface area contributed by atoms with Gasteiger partial charge < -0.3 is 20.8 Å². The van der Waals surface area contributed by atoms with Crippen LogP contribution in [0.5, 0.6) is 0 Å². The van der Waals surface area contributed by atoms with Crippen LogP contribution in [0.4, 0.5) is 8.78 Å². The average Bonchev–Trinajstić information content (AvgIpc) is 2.83. The van der Waals surface area contributed by atoms with Gasteiger partial charge in [0.25, 0.3) is 5.91 Å². The van der Waals surface area contributed by atoms with Gasteiger partial charge in [-0.25, -0.2) is 13.6 Å². The number of benzene rings is 3. The van der Waals surface area contributed by atoms with E-state index in [2.05, 4.69) is 23.6 Å². The molecule has 2 atom stereocenters. The molecule has 35 heavy (non-hydrogen) atoms. The van der Waals surface area contributed by atoms with E-state index < -0.39 is 35.7 Å². The lowest BCUT2D eigenvalue weighted by Gasteiger charge is -2.25. The Morgan fingerprint density at radius 2 is 1.54 bits per heavy atom. The highest BCUT2D eigenvalue weighted by Gasteiger charge is 2.23. The number of hydrogen-bond donors (Lipinski definition) is 4. The van der Waals surface area contributed by atoms with Gasteiger partial charge in [0.05, 0.1) is 17.7 Å². The molecule has 0 aliphatic heterocycles. The van der Waals surface area contributed by atoms with Crippen molar-refractivity contribution in [3.8, 4) is 0 Å². The van der Waals surface area contributed by atoms with Crippen LogP contribution in [-0.2, 0) is 19.4 Å². The number of aryl methyl sites for hydroxylation is 1. The van der Waals surface area contributed by atoms with Gasteiger partial charge in [0.2, 0.25) is 0 Å². The van der Waals surface area contributed by atoms with E-state index in [0.717, 1.165) is 30.2 Å². The van der Waals surface area contributed by atoms with Crippen molar-refractivity contribution in [3.63, 3.8) is 0 Å². The van der Waals surface area contributed by atoms with Crippen LogP contribution in [0.15, 0.2) is 66.7 Å². The first-order chi connectivity index (χ1) is 16.7. The Hall–Kier alpha value is -3.62. The maximum atomic E-state index is 13.7. The number of carbonyl (C=O) groups excluding carboxylic acids is 1. The van der Waals surface area contributed by atoms with E-state index >= 15 is 0 Å². The number of hydrogen-bond acceptors (Lipinski definition) is 4. The first-order valence-corrected chi connectivity index (χ1v) is 11.3. The molecule has 0 spiro atoms. The van der Waals surface area contributed by atoms with Gasteiger partial charge >= 0.3 is 5.97 Å². The van der Waals surface area contributed by atoms with Gasteiger partial charge in [-0.3, -0.25) is 4.79 Å². The van der Waals surface area contributed by atoms with Crippen LogP contribution in [0.25, 0.3) is 0 Å². The van der Waals surface area contributed by atoms with Crippen LogP contribution >= 0.6 is 0 Å². The van der Waals surface area contributed by atoms with Gasteiger partial charge in [0, 0.05) is 24.7 Å². The molecule has 3 aromatic rings. The maximum absolute atomic E-state index is 13.7. The molecule has 0 heterocycles. The molecule has 0 fully saturated rings. The summed E-state index contributed by atoms with van der Waals surface area (Å²) in [6.45, 7) is 2.65. The highest BCUT2D eigenvalue weighted by Crippen LogP contribution is 2.14. The molecule has 0 saturated heterocycles. The van der Waals surface area contributed by atoms with E-state index in [9.17, 15) is 28.6 Å². The van der Waals surface area contributed by atoms with Gasteiger partial charge in [-0.1, -0.05) is 37.3 Å². The zero-order chi connectivity index (χ0) is 25.4. The zero-order valence-electron chi connectivity index (χ0n) is 19.3. The number of rotatable bonds is 11. The molecular weight excluding hydrogens is 454 g/mol. The Labute approximate surface area is 202 Å². The molecule has 0 aromatic heterocycles. The van der Waals surface area contributed by atoms with Crippen LogP contribution in [0.2, 0.25) is 0 Å². The van der Waals surface area contributed by atoms with Gasteiger partial charge in [-0.2, -0.15) is 0 Å². The number of aliphatic hydroxyl groups is 1. The predicted molar refractivity (Wildman–Crippen MR) is 128 cm³/mol. The van der Waals surface area contributed by atoms with E-state index in [-0.39, 0.29) is 29.7 Å². The van der Waals surface area contributed by atoms with Crippen LogP contribution < -0.4 is 10.6 Å². The number of amides is 1.